The first-order valence-corrected chi connectivity index (χ1v) is 11.0. The van der Waals surface area contributed by atoms with E-state index in [9.17, 15) is 18.0 Å². The van der Waals surface area contributed by atoms with Gasteiger partial charge in [0.05, 0.1) is 5.56 Å². The molecular formula is C25H26F3N5O. The van der Waals surface area contributed by atoms with Crippen molar-refractivity contribution in [3.05, 3.63) is 70.9 Å². The maximum absolute atomic E-state index is 13.2. The highest BCUT2D eigenvalue weighted by atomic mass is 19.4. The number of nitrogens with zero attached hydrogens (tertiary/aromatic N) is 4. The van der Waals surface area contributed by atoms with E-state index in [-0.39, 0.29) is 11.9 Å². The minimum absolute atomic E-state index is 0.162. The number of alkyl halides is 3. The van der Waals surface area contributed by atoms with Crippen molar-refractivity contribution < 1.29 is 18.0 Å². The summed E-state index contributed by atoms with van der Waals surface area (Å²) in [6.45, 7) is 7.80. The molecule has 0 aliphatic carbocycles. The van der Waals surface area contributed by atoms with Crippen LogP contribution in [0.3, 0.4) is 0 Å². The fourth-order valence-corrected chi connectivity index (χ4v) is 3.93. The van der Waals surface area contributed by atoms with Crippen LogP contribution in [0.15, 0.2) is 48.5 Å². The van der Waals surface area contributed by atoms with E-state index in [4.69, 9.17) is 0 Å². The lowest BCUT2D eigenvalue weighted by Gasteiger charge is -2.36. The van der Waals surface area contributed by atoms with Crippen molar-refractivity contribution in [3.63, 3.8) is 0 Å². The zero-order valence-electron chi connectivity index (χ0n) is 19.3. The second-order valence-corrected chi connectivity index (χ2v) is 8.43. The molecular weight excluding hydrogens is 443 g/mol. The average Bonchev–Trinajstić information content (AvgIpc) is 2.80. The minimum Gasteiger partial charge on any atom is -0.353 e. The molecule has 0 radical (unpaired) electrons. The van der Waals surface area contributed by atoms with Gasteiger partial charge < -0.3 is 15.1 Å². The van der Waals surface area contributed by atoms with Gasteiger partial charge in [0.15, 0.2) is 5.82 Å². The van der Waals surface area contributed by atoms with E-state index < -0.39 is 11.7 Å². The highest BCUT2D eigenvalue weighted by Gasteiger charge is 2.31. The fourth-order valence-electron chi connectivity index (χ4n) is 3.93. The van der Waals surface area contributed by atoms with Crippen molar-refractivity contribution in [2.24, 2.45) is 0 Å². The third-order valence-electron chi connectivity index (χ3n) is 5.95. The van der Waals surface area contributed by atoms with Crippen molar-refractivity contribution in [1.82, 2.24) is 14.9 Å². The summed E-state index contributed by atoms with van der Waals surface area (Å²) in [6.07, 6.45) is -4.44. The van der Waals surface area contributed by atoms with E-state index in [2.05, 4.69) is 20.2 Å². The standard InChI is InChI=1S/C25H26F3N5O/c1-16-6-4-9-21(14-16)30-24(34)33-12-10-32(11-13-33)23-17(2)18(3)29-22(31-23)19-7-5-8-20(15-19)25(26,27)28/h4-9,14-15H,10-13H2,1-3H3,(H,30,34). The second-order valence-electron chi connectivity index (χ2n) is 8.43. The van der Waals surface area contributed by atoms with Crippen LogP contribution in [0.1, 0.15) is 22.4 Å². The number of piperazine rings is 1. The first-order valence-electron chi connectivity index (χ1n) is 11.0. The lowest BCUT2D eigenvalue weighted by atomic mass is 10.1. The van der Waals surface area contributed by atoms with E-state index >= 15 is 0 Å². The van der Waals surface area contributed by atoms with Gasteiger partial charge in [-0.2, -0.15) is 13.2 Å². The molecule has 3 aromatic rings. The Hall–Kier alpha value is -3.62. The van der Waals surface area contributed by atoms with Gasteiger partial charge in [-0.05, 0) is 50.6 Å². The van der Waals surface area contributed by atoms with E-state index in [1.807, 2.05) is 45.0 Å². The maximum Gasteiger partial charge on any atom is 0.416 e. The number of benzene rings is 2. The third-order valence-corrected chi connectivity index (χ3v) is 5.95. The molecule has 0 atom stereocenters. The van der Waals surface area contributed by atoms with Crippen LogP contribution in [0, 0.1) is 20.8 Å². The molecule has 34 heavy (non-hydrogen) atoms. The molecule has 0 saturated carbocycles. The van der Waals surface area contributed by atoms with Crippen LogP contribution in [0.4, 0.5) is 29.5 Å². The number of carbonyl (C=O) groups is 1. The summed E-state index contributed by atoms with van der Waals surface area (Å²) in [6, 6.07) is 12.5. The summed E-state index contributed by atoms with van der Waals surface area (Å²) in [5.74, 6) is 0.933. The lowest BCUT2D eigenvalue weighted by Crippen LogP contribution is -2.50. The number of hydrogen-bond donors (Lipinski definition) is 1. The van der Waals surface area contributed by atoms with Gasteiger partial charge >= 0.3 is 12.2 Å². The Balaban J connectivity index is 1.50. The van der Waals surface area contributed by atoms with Crippen molar-refractivity contribution in [3.8, 4) is 11.4 Å². The van der Waals surface area contributed by atoms with E-state index in [0.717, 1.165) is 28.9 Å². The van der Waals surface area contributed by atoms with Crippen molar-refractivity contribution in [1.29, 1.82) is 0 Å². The predicted octanol–water partition coefficient (Wildman–Crippen LogP) is 5.44. The van der Waals surface area contributed by atoms with Crippen LogP contribution < -0.4 is 10.2 Å². The molecule has 1 saturated heterocycles. The smallest absolute Gasteiger partial charge is 0.353 e. The number of urea groups is 1. The summed E-state index contributed by atoms with van der Waals surface area (Å²) in [4.78, 5) is 25.5. The maximum atomic E-state index is 13.2. The van der Waals surface area contributed by atoms with E-state index in [1.54, 1.807) is 11.0 Å². The fraction of sp³-hybridized carbons (Fsp3) is 0.320. The largest absolute Gasteiger partial charge is 0.416 e. The molecule has 0 bridgehead atoms. The number of rotatable bonds is 3. The summed E-state index contributed by atoms with van der Waals surface area (Å²) in [5, 5.41) is 2.93. The first kappa shape index (κ1) is 23.5. The molecule has 2 heterocycles. The predicted molar refractivity (Wildman–Crippen MR) is 126 cm³/mol. The molecule has 0 unspecified atom stereocenters. The van der Waals surface area contributed by atoms with Crippen LogP contribution in [0.25, 0.3) is 11.4 Å². The highest BCUT2D eigenvalue weighted by Crippen LogP contribution is 2.32. The summed E-state index contributed by atoms with van der Waals surface area (Å²) in [5.41, 5.74) is 2.97. The molecule has 2 amide bonds. The summed E-state index contributed by atoms with van der Waals surface area (Å²) >= 11 is 0. The molecule has 1 aliphatic heterocycles. The van der Waals surface area contributed by atoms with Gasteiger partial charge in [0, 0.05) is 48.7 Å². The van der Waals surface area contributed by atoms with Gasteiger partial charge in [0.1, 0.15) is 5.82 Å². The molecule has 9 heteroatoms. The number of aromatic nitrogens is 2. The summed E-state index contributed by atoms with van der Waals surface area (Å²) in [7, 11) is 0. The van der Waals surface area contributed by atoms with Crippen molar-refractivity contribution in [2.75, 3.05) is 36.4 Å². The molecule has 178 valence electrons. The van der Waals surface area contributed by atoms with E-state index in [1.165, 1.54) is 6.07 Å². The monoisotopic (exact) mass is 469 g/mol. The zero-order valence-corrected chi connectivity index (χ0v) is 19.3. The van der Waals surface area contributed by atoms with Gasteiger partial charge in [-0.15, -0.1) is 0 Å². The molecule has 1 N–H and O–H groups in total. The number of aryl methyl sites for hydroxylation is 2. The van der Waals surface area contributed by atoms with Crippen LogP contribution in [-0.4, -0.2) is 47.1 Å². The Morgan fingerprint density at radius 3 is 2.32 bits per heavy atom. The van der Waals surface area contributed by atoms with Gasteiger partial charge in [-0.1, -0.05) is 24.3 Å². The van der Waals surface area contributed by atoms with Crippen LogP contribution >= 0.6 is 0 Å². The lowest BCUT2D eigenvalue weighted by molar-refractivity contribution is -0.137. The Bertz CT molecular complexity index is 1200. The number of anilines is 2. The van der Waals surface area contributed by atoms with Crippen LogP contribution in [0.5, 0.6) is 0 Å². The van der Waals surface area contributed by atoms with Crippen molar-refractivity contribution in [2.45, 2.75) is 26.9 Å². The molecule has 4 rings (SSSR count). The second kappa shape index (κ2) is 9.32. The zero-order chi connectivity index (χ0) is 24.5. The Kier molecular flexibility index (Phi) is 6.45. The van der Waals surface area contributed by atoms with Crippen LogP contribution in [0.2, 0.25) is 0 Å². The molecule has 1 aromatic heterocycles. The van der Waals surface area contributed by atoms with E-state index in [0.29, 0.717) is 43.3 Å². The van der Waals surface area contributed by atoms with Gasteiger partial charge in [0.25, 0.3) is 0 Å². The van der Waals surface area contributed by atoms with Crippen molar-refractivity contribution >= 4 is 17.5 Å². The third kappa shape index (κ3) is 5.13. The number of halogens is 3. The average molecular weight is 470 g/mol. The number of carbonyl (C=O) groups excluding carboxylic acids is 1. The number of nitrogens with one attached hydrogen (secondary N) is 1. The number of hydrogen-bond acceptors (Lipinski definition) is 4. The Labute approximate surface area is 196 Å². The SMILES string of the molecule is Cc1cccc(NC(=O)N2CCN(c3nc(-c4cccc(C(F)(F)F)c4)nc(C)c3C)CC2)c1. The molecule has 1 fully saturated rings. The molecule has 0 spiro atoms. The number of amides is 2. The Morgan fingerprint density at radius 2 is 1.65 bits per heavy atom. The molecule has 6 nitrogen and oxygen atoms in total. The molecule has 2 aromatic carbocycles. The van der Waals surface area contributed by atoms with Gasteiger partial charge in [-0.25, -0.2) is 14.8 Å². The summed E-state index contributed by atoms with van der Waals surface area (Å²) < 4.78 is 39.5. The molecule has 1 aliphatic rings. The first-order chi connectivity index (χ1) is 16.1. The van der Waals surface area contributed by atoms with Crippen LogP contribution in [-0.2, 0) is 6.18 Å². The highest BCUT2D eigenvalue weighted by molar-refractivity contribution is 5.89. The van der Waals surface area contributed by atoms with Gasteiger partial charge in [-0.3, -0.25) is 0 Å². The minimum atomic E-state index is -4.44. The normalized spacial score (nSPS) is 14.3. The topological polar surface area (TPSA) is 61.4 Å². The van der Waals surface area contributed by atoms with Gasteiger partial charge in [0.2, 0.25) is 0 Å². The quantitative estimate of drug-likeness (QED) is 0.555. The Morgan fingerprint density at radius 1 is 0.941 bits per heavy atom.